The first-order valence-corrected chi connectivity index (χ1v) is 6.19. The van der Waals surface area contributed by atoms with Gasteiger partial charge in [0.15, 0.2) is 0 Å². The lowest BCUT2D eigenvalue weighted by molar-refractivity contribution is -0.110. The molecule has 0 bridgehead atoms. The van der Waals surface area contributed by atoms with E-state index >= 15 is 0 Å². The Labute approximate surface area is 92.0 Å². The van der Waals surface area contributed by atoms with Gasteiger partial charge in [0.05, 0.1) is 12.2 Å². The summed E-state index contributed by atoms with van der Waals surface area (Å²) in [6, 6.07) is 0. The molecule has 86 valence electrons. The zero-order chi connectivity index (χ0) is 10.9. The molecule has 2 aliphatic carbocycles. The molecule has 2 fully saturated rings. The highest BCUT2D eigenvalue weighted by Crippen LogP contribution is 2.51. The summed E-state index contributed by atoms with van der Waals surface area (Å²) >= 11 is 0. The van der Waals surface area contributed by atoms with Gasteiger partial charge in [0.2, 0.25) is 0 Å². The number of aliphatic hydroxyl groups is 2. The summed E-state index contributed by atoms with van der Waals surface area (Å²) in [4.78, 5) is 0. The molecule has 2 nitrogen and oxygen atoms in total. The van der Waals surface area contributed by atoms with Crippen LogP contribution in [0.4, 0.5) is 0 Å². The first-order chi connectivity index (χ1) is 7.20. The predicted molar refractivity (Wildman–Crippen MR) is 60.5 cm³/mol. The monoisotopic (exact) mass is 210 g/mol. The number of hydrogen-bond acceptors (Lipinski definition) is 2. The van der Waals surface area contributed by atoms with Crippen molar-refractivity contribution in [3.63, 3.8) is 0 Å². The maximum Gasteiger partial charge on any atom is 0.0610 e. The van der Waals surface area contributed by atoms with Crippen LogP contribution in [-0.4, -0.2) is 22.4 Å². The summed E-state index contributed by atoms with van der Waals surface area (Å²) in [5.41, 5.74) is -0.0579. The fourth-order valence-electron chi connectivity index (χ4n) is 3.67. The summed E-state index contributed by atoms with van der Waals surface area (Å²) in [6.07, 6.45) is 8.59. The Bertz CT molecular complexity index is 231. The first-order valence-electron chi connectivity index (χ1n) is 6.19. The maximum absolute atomic E-state index is 10.2. The molecular formula is C13H22O2. The summed E-state index contributed by atoms with van der Waals surface area (Å²) in [7, 11) is 0. The van der Waals surface area contributed by atoms with E-state index in [1.807, 2.05) is 6.08 Å². The third kappa shape index (κ3) is 1.74. The fraction of sp³-hybridized carbons (Fsp3) is 0.846. The standard InChI is InChI=1S/C13H22O2/c1-2-10-11(14)6-7-12(15)13(10)8-4-3-5-9-13/h2,10-12,14-15H,1,3-9H2/t10-,11+,12-/m0/s1. The topological polar surface area (TPSA) is 40.5 Å². The van der Waals surface area contributed by atoms with Crippen molar-refractivity contribution in [2.24, 2.45) is 11.3 Å². The van der Waals surface area contributed by atoms with Crippen LogP contribution in [0.3, 0.4) is 0 Å². The Balaban J connectivity index is 2.25. The van der Waals surface area contributed by atoms with Gasteiger partial charge in [-0.2, -0.15) is 0 Å². The van der Waals surface area contributed by atoms with Gasteiger partial charge in [-0.25, -0.2) is 0 Å². The summed E-state index contributed by atoms with van der Waals surface area (Å²) in [5, 5.41) is 20.3. The molecule has 0 aromatic heterocycles. The van der Waals surface area contributed by atoms with Crippen molar-refractivity contribution in [3.05, 3.63) is 12.7 Å². The highest BCUT2D eigenvalue weighted by molar-refractivity contribution is 5.06. The minimum absolute atomic E-state index is 0.0579. The van der Waals surface area contributed by atoms with E-state index in [1.54, 1.807) is 0 Å². The molecule has 0 radical (unpaired) electrons. The number of aliphatic hydroxyl groups excluding tert-OH is 2. The van der Waals surface area contributed by atoms with E-state index < -0.39 is 0 Å². The molecule has 0 aromatic carbocycles. The van der Waals surface area contributed by atoms with E-state index in [4.69, 9.17) is 0 Å². The maximum atomic E-state index is 10.2. The Morgan fingerprint density at radius 1 is 1.07 bits per heavy atom. The molecule has 0 aliphatic heterocycles. The molecule has 0 heterocycles. The zero-order valence-corrected chi connectivity index (χ0v) is 9.36. The Kier molecular flexibility index (Phi) is 3.17. The Hall–Kier alpha value is -0.340. The van der Waals surface area contributed by atoms with E-state index in [9.17, 15) is 10.2 Å². The van der Waals surface area contributed by atoms with Crippen LogP contribution in [-0.2, 0) is 0 Å². The van der Waals surface area contributed by atoms with Crippen LogP contribution in [0.2, 0.25) is 0 Å². The summed E-state index contributed by atoms with van der Waals surface area (Å²) in [5.74, 6) is 0.0987. The van der Waals surface area contributed by atoms with E-state index in [2.05, 4.69) is 6.58 Å². The van der Waals surface area contributed by atoms with Crippen LogP contribution >= 0.6 is 0 Å². The highest BCUT2D eigenvalue weighted by atomic mass is 16.3. The van der Waals surface area contributed by atoms with Crippen LogP contribution in [0.25, 0.3) is 0 Å². The van der Waals surface area contributed by atoms with Crippen LogP contribution in [0.5, 0.6) is 0 Å². The van der Waals surface area contributed by atoms with Gasteiger partial charge in [-0.15, -0.1) is 6.58 Å². The van der Waals surface area contributed by atoms with Gasteiger partial charge in [0.1, 0.15) is 0 Å². The molecule has 1 spiro atoms. The van der Waals surface area contributed by atoms with Crippen molar-refractivity contribution in [2.45, 2.75) is 57.2 Å². The quantitative estimate of drug-likeness (QED) is 0.652. The van der Waals surface area contributed by atoms with Gasteiger partial charge in [-0.3, -0.25) is 0 Å². The molecule has 2 rings (SSSR count). The molecule has 2 saturated carbocycles. The minimum Gasteiger partial charge on any atom is -0.393 e. The largest absolute Gasteiger partial charge is 0.393 e. The van der Waals surface area contributed by atoms with Gasteiger partial charge in [0.25, 0.3) is 0 Å². The van der Waals surface area contributed by atoms with Crippen molar-refractivity contribution < 1.29 is 10.2 Å². The molecule has 15 heavy (non-hydrogen) atoms. The van der Waals surface area contributed by atoms with E-state index in [0.29, 0.717) is 0 Å². The lowest BCUT2D eigenvalue weighted by Gasteiger charge is -2.51. The molecule has 0 amide bonds. The predicted octanol–water partition coefficient (Wildman–Crippen LogP) is 2.25. The van der Waals surface area contributed by atoms with Crippen molar-refractivity contribution in [1.82, 2.24) is 0 Å². The average Bonchev–Trinajstić information content (AvgIpc) is 2.26. The zero-order valence-electron chi connectivity index (χ0n) is 9.36. The minimum atomic E-state index is -0.288. The molecule has 3 atom stereocenters. The highest BCUT2D eigenvalue weighted by Gasteiger charge is 2.49. The number of hydrogen-bond donors (Lipinski definition) is 2. The van der Waals surface area contributed by atoms with E-state index in [1.165, 1.54) is 19.3 Å². The summed E-state index contributed by atoms with van der Waals surface area (Å²) in [6.45, 7) is 3.85. The van der Waals surface area contributed by atoms with Crippen LogP contribution < -0.4 is 0 Å². The molecule has 0 unspecified atom stereocenters. The van der Waals surface area contributed by atoms with Gasteiger partial charge in [0, 0.05) is 11.3 Å². The van der Waals surface area contributed by atoms with Gasteiger partial charge in [-0.1, -0.05) is 25.3 Å². The van der Waals surface area contributed by atoms with E-state index in [0.717, 1.165) is 25.7 Å². The molecular weight excluding hydrogens is 188 g/mol. The molecule has 0 aromatic rings. The first kappa shape index (κ1) is 11.2. The van der Waals surface area contributed by atoms with Crippen LogP contribution in [0.1, 0.15) is 44.9 Å². The van der Waals surface area contributed by atoms with Gasteiger partial charge >= 0.3 is 0 Å². The molecule has 2 N–H and O–H groups in total. The lowest BCUT2D eigenvalue weighted by atomic mass is 9.57. The lowest BCUT2D eigenvalue weighted by Crippen LogP contribution is -2.51. The van der Waals surface area contributed by atoms with Crippen molar-refractivity contribution in [3.8, 4) is 0 Å². The molecule has 2 aliphatic rings. The third-order valence-corrected chi connectivity index (χ3v) is 4.52. The number of rotatable bonds is 1. The summed E-state index contributed by atoms with van der Waals surface area (Å²) < 4.78 is 0. The van der Waals surface area contributed by atoms with Crippen LogP contribution in [0, 0.1) is 11.3 Å². The van der Waals surface area contributed by atoms with Gasteiger partial charge < -0.3 is 10.2 Å². The van der Waals surface area contributed by atoms with Crippen molar-refractivity contribution in [2.75, 3.05) is 0 Å². The van der Waals surface area contributed by atoms with Crippen molar-refractivity contribution >= 4 is 0 Å². The normalized spacial score (nSPS) is 40.3. The second-order valence-corrected chi connectivity index (χ2v) is 5.22. The average molecular weight is 210 g/mol. The SMILES string of the molecule is C=C[C@H]1[C@H](O)CC[C@H](O)C12CCCCC2. The Morgan fingerprint density at radius 2 is 1.73 bits per heavy atom. The van der Waals surface area contributed by atoms with Gasteiger partial charge in [-0.05, 0) is 25.7 Å². The molecule has 2 heteroatoms. The second-order valence-electron chi connectivity index (χ2n) is 5.22. The third-order valence-electron chi connectivity index (χ3n) is 4.52. The fourth-order valence-corrected chi connectivity index (χ4v) is 3.67. The smallest absolute Gasteiger partial charge is 0.0610 e. The molecule has 0 saturated heterocycles. The van der Waals surface area contributed by atoms with E-state index in [-0.39, 0.29) is 23.5 Å². The van der Waals surface area contributed by atoms with Crippen molar-refractivity contribution in [1.29, 1.82) is 0 Å². The van der Waals surface area contributed by atoms with Crippen LogP contribution in [0.15, 0.2) is 12.7 Å². The Morgan fingerprint density at radius 3 is 2.33 bits per heavy atom. The second kappa shape index (κ2) is 4.26.